The molecule has 0 radical (unpaired) electrons. The highest BCUT2D eigenvalue weighted by atomic mass is 35.5. The second-order valence-electron chi connectivity index (χ2n) is 3.87. The van der Waals surface area contributed by atoms with E-state index in [9.17, 15) is 0 Å². The normalized spacial score (nSPS) is 9.89. The molecule has 0 saturated carbocycles. The summed E-state index contributed by atoms with van der Waals surface area (Å²) in [6.45, 7) is 3.79. The van der Waals surface area contributed by atoms with Crippen LogP contribution in [0.25, 0.3) is 0 Å². The van der Waals surface area contributed by atoms with Crippen LogP contribution >= 0.6 is 11.6 Å². The van der Waals surface area contributed by atoms with Crippen molar-refractivity contribution in [3.8, 4) is 6.07 Å². The Balaban J connectivity index is 2.41. The van der Waals surface area contributed by atoms with E-state index in [4.69, 9.17) is 16.9 Å². The van der Waals surface area contributed by atoms with Crippen LogP contribution in [0.2, 0.25) is 5.15 Å². The van der Waals surface area contributed by atoms with Gasteiger partial charge in [0.05, 0.1) is 11.3 Å². The maximum atomic E-state index is 9.02. The zero-order chi connectivity index (χ0) is 13.1. The first-order chi connectivity index (χ1) is 8.63. The Morgan fingerprint density at radius 1 is 1.17 bits per heavy atom. The highest BCUT2D eigenvalue weighted by molar-refractivity contribution is 6.30. The molecule has 90 valence electrons. The molecule has 1 N–H and O–H groups in total. The van der Waals surface area contributed by atoms with Crippen molar-refractivity contribution in [3.05, 3.63) is 46.1 Å². The van der Waals surface area contributed by atoms with Crippen molar-refractivity contribution in [2.45, 2.75) is 13.8 Å². The van der Waals surface area contributed by atoms with E-state index in [1.807, 2.05) is 32.0 Å². The van der Waals surface area contributed by atoms with Crippen LogP contribution in [0.5, 0.6) is 0 Å². The van der Waals surface area contributed by atoms with E-state index in [0.29, 0.717) is 22.2 Å². The number of hydrogen-bond acceptors (Lipinski definition) is 4. The number of halogens is 1. The molecular formula is C13H11ClN4. The van der Waals surface area contributed by atoms with Gasteiger partial charge in [0.15, 0.2) is 11.0 Å². The zero-order valence-electron chi connectivity index (χ0n) is 10.0. The number of aromatic nitrogens is 2. The molecule has 1 heterocycles. The molecule has 18 heavy (non-hydrogen) atoms. The largest absolute Gasteiger partial charge is 0.337 e. The Bertz CT molecular complexity index is 631. The van der Waals surface area contributed by atoms with Crippen molar-refractivity contribution < 1.29 is 0 Å². The van der Waals surface area contributed by atoms with E-state index < -0.39 is 0 Å². The first kappa shape index (κ1) is 12.3. The summed E-state index contributed by atoms with van der Waals surface area (Å²) >= 11 is 5.89. The number of nitriles is 1. The SMILES string of the molecule is Cc1c(Cl)nnc(Nc2ccccc2C#N)c1C. The number of para-hydroxylation sites is 1. The second kappa shape index (κ2) is 5.03. The summed E-state index contributed by atoms with van der Waals surface area (Å²) in [6.07, 6.45) is 0. The molecule has 5 heteroatoms. The van der Waals surface area contributed by atoms with E-state index >= 15 is 0 Å². The Morgan fingerprint density at radius 2 is 1.89 bits per heavy atom. The van der Waals surface area contributed by atoms with E-state index in [-0.39, 0.29) is 0 Å². The fraction of sp³-hybridized carbons (Fsp3) is 0.154. The molecule has 0 bridgehead atoms. The highest BCUT2D eigenvalue weighted by Crippen LogP contribution is 2.25. The van der Waals surface area contributed by atoms with Crippen molar-refractivity contribution in [2.75, 3.05) is 5.32 Å². The summed E-state index contributed by atoms with van der Waals surface area (Å²) < 4.78 is 0. The van der Waals surface area contributed by atoms with Crippen LogP contribution in [0.4, 0.5) is 11.5 Å². The minimum atomic E-state index is 0.395. The van der Waals surface area contributed by atoms with Crippen molar-refractivity contribution in [1.82, 2.24) is 10.2 Å². The maximum Gasteiger partial charge on any atom is 0.156 e. The lowest BCUT2D eigenvalue weighted by atomic mass is 10.1. The van der Waals surface area contributed by atoms with Gasteiger partial charge in [0.1, 0.15) is 6.07 Å². The van der Waals surface area contributed by atoms with Gasteiger partial charge >= 0.3 is 0 Å². The van der Waals surface area contributed by atoms with Crippen LogP contribution in [0.1, 0.15) is 16.7 Å². The first-order valence-electron chi connectivity index (χ1n) is 5.39. The Morgan fingerprint density at radius 3 is 2.61 bits per heavy atom. The smallest absolute Gasteiger partial charge is 0.156 e. The molecule has 0 aliphatic rings. The summed E-state index contributed by atoms with van der Waals surface area (Å²) in [6, 6.07) is 9.36. The summed E-state index contributed by atoms with van der Waals surface area (Å²) in [5.74, 6) is 0.611. The van der Waals surface area contributed by atoms with Gasteiger partial charge in [-0.3, -0.25) is 0 Å². The minimum Gasteiger partial charge on any atom is -0.337 e. The van der Waals surface area contributed by atoms with Crippen molar-refractivity contribution in [3.63, 3.8) is 0 Å². The fourth-order valence-electron chi connectivity index (χ4n) is 1.51. The van der Waals surface area contributed by atoms with E-state index in [0.717, 1.165) is 11.1 Å². The number of rotatable bonds is 2. The van der Waals surface area contributed by atoms with E-state index in [1.165, 1.54) is 0 Å². The van der Waals surface area contributed by atoms with Gasteiger partial charge in [0.25, 0.3) is 0 Å². The number of nitrogens with zero attached hydrogens (tertiary/aromatic N) is 3. The Labute approximate surface area is 110 Å². The Kier molecular flexibility index (Phi) is 3.45. The lowest BCUT2D eigenvalue weighted by molar-refractivity contribution is 1.00. The van der Waals surface area contributed by atoms with Gasteiger partial charge in [-0.25, -0.2) is 0 Å². The molecule has 0 atom stereocenters. The molecule has 0 spiro atoms. The number of benzene rings is 1. The predicted octanol–water partition coefficient (Wildman–Crippen LogP) is 3.36. The maximum absolute atomic E-state index is 9.02. The van der Waals surface area contributed by atoms with E-state index in [1.54, 1.807) is 6.07 Å². The Hall–Kier alpha value is -2.12. The monoisotopic (exact) mass is 258 g/mol. The lowest BCUT2D eigenvalue weighted by Crippen LogP contribution is -2.02. The average Bonchev–Trinajstić information content (AvgIpc) is 2.40. The predicted molar refractivity (Wildman–Crippen MR) is 71.0 cm³/mol. The number of anilines is 2. The molecule has 0 aliphatic carbocycles. The van der Waals surface area contributed by atoms with E-state index in [2.05, 4.69) is 21.6 Å². The summed E-state index contributed by atoms with van der Waals surface area (Å²) in [7, 11) is 0. The quantitative estimate of drug-likeness (QED) is 0.897. The van der Waals surface area contributed by atoms with Crippen molar-refractivity contribution in [1.29, 1.82) is 5.26 Å². The van der Waals surface area contributed by atoms with Gasteiger partial charge in [0.2, 0.25) is 0 Å². The molecule has 0 amide bonds. The minimum absolute atomic E-state index is 0.395. The van der Waals surface area contributed by atoms with Crippen molar-refractivity contribution >= 4 is 23.1 Å². The van der Waals surface area contributed by atoms with Crippen LogP contribution in [0.3, 0.4) is 0 Å². The lowest BCUT2D eigenvalue weighted by Gasteiger charge is -2.11. The average molecular weight is 259 g/mol. The van der Waals surface area contributed by atoms with Crippen LogP contribution in [0.15, 0.2) is 24.3 Å². The second-order valence-corrected chi connectivity index (χ2v) is 4.23. The van der Waals surface area contributed by atoms with Gasteiger partial charge in [-0.15, -0.1) is 10.2 Å². The van der Waals surface area contributed by atoms with Gasteiger partial charge in [-0.05, 0) is 37.1 Å². The molecule has 4 nitrogen and oxygen atoms in total. The molecule has 2 rings (SSSR count). The van der Waals surface area contributed by atoms with Gasteiger partial charge in [0, 0.05) is 0 Å². The van der Waals surface area contributed by atoms with Crippen molar-refractivity contribution in [2.24, 2.45) is 0 Å². The topological polar surface area (TPSA) is 61.6 Å². The molecule has 0 saturated heterocycles. The third-order valence-corrected chi connectivity index (χ3v) is 3.12. The molecule has 0 aliphatic heterocycles. The zero-order valence-corrected chi connectivity index (χ0v) is 10.8. The number of hydrogen-bond donors (Lipinski definition) is 1. The number of nitrogens with one attached hydrogen (secondary N) is 1. The van der Waals surface area contributed by atoms with Crippen LogP contribution in [0, 0.1) is 25.2 Å². The molecule has 0 fully saturated rings. The summed E-state index contributed by atoms with van der Waals surface area (Å²) in [4.78, 5) is 0. The molecule has 2 aromatic rings. The van der Waals surface area contributed by atoms with Crippen LogP contribution in [-0.2, 0) is 0 Å². The molecule has 0 unspecified atom stereocenters. The fourth-order valence-corrected chi connectivity index (χ4v) is 1.69. The van der Waals surface area contributed by atoms with Gasteiger partial charge < -0.3 is 5.32 Å². The summed E-state index contributed by atoms with van der Waals surface area (Å²) in [5, 5.41) is 20.4. The molecule has 1 aromatic carbocycles. The standard InChI is InChI=1S/C13H11ClN4/c1-8-9(2)13(18-17-12(8)14)16-11-6-4-3-5-10(11)7-15/h3-6H,1-2H3,(H,16,18). The first-order valence-corrected chi connectivity index (χ1v) is 5.77. The highest BCUT2D eigenvalue weighted by Gasteiger charge is 2.09. The third-order valence-electron chi connectivity index (χ3n) is 2.77. The van der Waals surface area contributed by atoms with Gasteiger partial charge in [-0.2, -0.15) is 5.26 Å². The molecular weight excluding hydrogens is 248 g/mol. The molecule has 1 aromatic heterocycles. The van der Waals surface area contributed by atoms with Crippen LogP contribution in [-0.4, -0.2) is 10.2 Å². The third kappa shape index (κ3) is 2.27. The van der Waals surface area contributed by atoms with Crippen LogP contribution < -0.4 is 5.32 Å². The summed E-state index contributed by atoms with van der Waals surface area (Å²) in [5.41, 5.74) is 3.07. The van der Waals surface area contributed by atoms with Gasteiger partial charge in [-0.1, -0.05) is 23.7 Å².